The van der Waals surface area contributed by atoms with Crippen LogP contribution in [0.15, 0.2) is 22.8 Å². The first-order valence-corrected chi connectivity index (χ1v) is 3.54. The van der Waals surface area contributed by atoms with Gasteiger partial charge in [-0.1, -0.05) is 6.92 Å². The number of nitrogens with zero attached hydrogens (tertiary/aromatic N) is 1. The van der Waals surface area contributed by atoms with Crippen molar-refractivity contribution >= 4 is 12.4 Å². The van der Waals surface area contributed by atoms with Gasteiger partial charge in [-0.05, 0) is 25.7 Å². The first kappa shape index (κ1) is 10.5. The Morgan fingerprint density at radius 2 is 2.27 bits per heavy atom. The Morgan fingerprint density at radius 3 is 2.73 bits per heavy atom. The van der Waals surface area contributed by atoms with Crippen molar-refractivity contribution in [1.29, 1.82) is 0 Å². The predicted molar refractivity (Wildman–Crippen MR) is 48.0 cm³/mol. The van der Waals surface area contributed by atoms with Crippen molar-refractivity contribution in [2.24, 2.45) is 0 Å². The highest BCUT2D eigenvalue weighted by atomic mass is 35.5. The molecule has 0 amide bonds. The fourth-order valence-corrected chi connectivity index (χ4v) is 0.780. The molecule has 0 radical (unpaired) electrons. The molecule has 0 saturated carbocycles. The van der Waals surface area contributed by atoms with Crippen LogP contribution in [0.3, 0.4) is 0 Å². The summed E-state index contributed by atoms with van der Waals surface area (Å²) < 4.78 is 5.16. The third kappa shape index (κ3) is 3.44. The minimum Gasteiger partial charge on any atom is -0.468 e. The molecule has 2 nitrogen and oxygen atoms in total. The molecule has 1 aromatic heterocycles. The zero-order valence-corrected chi connectivity index (χ0v) is 7.73. The van der Waals surface area contributed by atoms with Crippen molar-refractivity contribution in [1.82, 2.24) is 4.90 Å². The molecule has 0 aromatic carbocycles. The van der Waals surface area contributed by atoms with E-state index in [-0.39, 0.29) is 12.4 Å². The normalized spacial score (nSPS) is 9.73. The first-order chi connectivity index (χ1) is 4.83. The van der Waals surface area contributed by atoms with Crippen LogP contribution in [0, 0.1) is 0 Å². The number of hydrogen-bond acceptors (Lipinski definition) is 2. The van der Waals surface area contributed by atoms with Gasteiger partial charge < -0.3 is 4.42 Å². The molecule has 1 heterocycles. The molecule has 0 saturated heterocycles. The summed E-state index contributed by atoms with van der Waals surface area (Å²) in [5.41, 5.74) is 0. The summed E-state index contributed by atoms with van der Waals surface area (Å²) in [4.78, 5) is 2.19. The fraction of sp³-hybridized carbons (Fsp3) is 0.500. The standard InChI is InChI=1S/C8H13NO.ClH/c1-3-9(2)7-8-5-4-6-10-8;/h4-6H,3,7H2,1-2H3;1H. The molecule has 0 fully saturated rings. The van der Waals surface area contributed by atoms with Gasteiger partial charge >= 0.3 is 0 Å². The molecule has 1 aromatic rings. The SMILES string of the molecule is CCN(C)Cc1ccco1.Cl. The average Bonchev–Trinajstić information content (AvgIpc) is 2.40. The molecule has 11 heavy (non-hydrogen) atoms. The highest BCUT2D eigenvalue weighted by molar-refractivity contribution is 5.85. The Kier molecular flexibility index (Phi) is 4.99. The van der Waals surface area contributed by atoms with Gasteiger partial charge in [-0.15, -0.1) is 12.4 Å². The smallest absolute Gasteiger partial charge is 0.117 e. The molecule has 0 unspecified atom stereocenters. The number of hydrogen-bond donors (Lipinski definition) is 0. The highest BCUT2D eigenvalue weighted by Crippen LogP contribution is 2.02. The molecule has 0 aliphatic carbocycles. The molecule has 0 bridgehead atoms. The van der Waals surface area contributed by atoms with Gasteiger partial charge in [-0.3, -0.25) is 4.90 Å². The number of rotatable bonds is 3. The summed E-state index contributed by atoms with van der Waals surface area (Å²) >= 11 is 0. The minimum absolute atomic E-state index is 0. The molecule has 64 valence electrons. The van der Waals surface area contributed by atoms with E-state index in [0.717, 1.165) is 18.8 Å². The van der Waals surface area contributed by atoms with E-state index in [0.29, 0.717) is 0 Å². The maximum atomic E-state index is 5.16. The second kappa shape index (κ2) is 5.22. The Balaban J connectivity index is 0.000001000. The van der Waals surface area contributed by atoms with Gasteiger partial charge in [0.15, 0.2) is 0 Å². The zero-order valence-electron chi connectivity index (χ0n) is 6.91. The van der Waals surface area contributed by atoms with E-state index < -0.39 is 0 Å². The van der Waals surface area contributed by atoms with Crippen LogP contribution in [0.1, 0.15) is 12.7 Å². The lowest BCUT2D eigenvalue weighted by molar-refractivity contribution is 0.309. The molecule has 0 aliphatic rings. The van der Waals surface area contributed by atoms with Crippen molar-refractivity contribution in [2.45, 2.75) is 13.5 Å². The van der Waals surface area contributed by atoms with Crippen LogP contribution in [-0.2, 0) is 6.54 Å². The monoisotopic (exact) mass is 175 g/mol. The van der Waals surface area contributed by atoms with Crippen LogP contribution >= 0.6 is 12.4 Å². The molecule has 0 N–H and O–H groups in total. The van der Waals surface area contributed by atoms with E-state index in [1.54, 1.807) is 6.26 Å². The second-order valence-corrected chi connectivity index (χ2v) is 2.41. The maximum absolute atomic E-state index is 5.16. The van der Waals surface area contributed by atoms with Crippen LogP contribution < -0.4 is 0 Å². The van der Waals surface area contributed by atoms with E-state index in [2.05, 4.69) is 18.9 Å². The molecular formula is C8H14ClNO. The Labute approximate surface area is 73.6 Å². The third-order valence-electron chi connectivity index (χ3n) is 1.55. The summed E-state index contributed by atoms with van der Waals surface area (Å²) in [7, 11) is 2.07. The van der Waals surface area contributed by atoms with E-state index in [4.69, 9.17) is 4.42 Å². The lowest BCUT2D eigenvalue weighted by Crippen LogP contribution is -2.15. The van der Waals surface area contributed by atoms with Crippen LogP contribution in [-0.4, -0.2) is 18.5 Å². The number of halogens is 1. The van der Waals surface area contributed by atoms with Gasteiger partial charge in [-0.2, -0.15) is 0 Å². The number of furan rings is 1. The maximum Gasteiger partial charge on any atom is 0.117 e. The van der Waals surface area contributed by atoms with Crippen LogP contribution in [0.2, 0.25) is 0 Å². The summed E-state index contributed by atoms with van der Waals surface area (Å²) in [5, 5.41) is 0. The van der Waals surface area contributed by atoms with Crippen LogP contribution in [0.5, 0.6) is 0 Å². The lowest BCUT2D eigenvalue weighted by Gasteiger charge is -2.10. The van der Waals surface area contributed by atoms with Gasteiger partial charge in [0.2, 0.25) is 0 Å². The van der Waals surface area contributed by atoms with Crippen molar-refractivity contribution < 1.29 is 4.42 Å². The van der Waals surface area contributed by atoms with Crippen molar-refractivity contribution in [3.8, 4) is 0 Å². The van der Waals surface area contributed by atoms with E-state index in [9.17, 15) is 0 Å². The van der Waals surface area contributed by atoms with Crippen LogP contribution in [0.25, 0.3) is 0 Å². The van der Waals surface area contributed by atoms with Gasteiger partial charge in [0.25, 0.3) is 0 Å². The Bertz CT molecular complexity index is 174. The molecular weight excluding hydrogens is 162 g/mol. The Hall–Kier alpha value is -0.470. The van der Waals surface area contributed by atoms with Crippen molar-refractivity contribution in [3.05, 3.63) is 24.2 Å². The predicted octanol–water partition coefficient (Wildman–Crippen LogP) is 2.15. The quantitative estimate of drug-likeness (QED) is 0.700. The molecule has 1 rings (SSSR count). The fourth-order valence-electron chi connectivity index (χ4n) is 0.780. The topological polar surface area (TPSA) is 16.4 Å². The molecule has 0 atom stereocenters. The van der Waals surface area contributed by atoms with Gasteiger partial charge in [0, 0.05) is 0 Å². The van der Waals surface area contributed by atoms with Gasteiger partial charge in [-0.25, -0.2) is 0 Å². The summed E-state index contributed by atoms with van der Waals surface area (Å²) in [6, 6.07) is 3.91. The summed E-state index contributed by atoms with van der Waals surface area (Å²) in [5.74, 6) is 1.03. The summed E-state index contributed by atoms with van der Waals surface area (Å²) in [6.07, 6.45) is 1.71. The largest absolute Gasteiger partial charge is 0.468 e. The first-order valence-electron chi connectivity index (χ1n) is 3.54. The van der Waals surface area contributed by atoms with Crippen molar-refractivity contribution in [2.75, 3.05) is 13.6 Å². The zero-order chi connectivity index (χ0) is 7.40. The van der Waals surface area contributed by atoms with E-state index in [1.807, 2.05) is 12.1 Å². The minimum atomic E-state index is 0. The highest BCUT2D eigenvalue weighted by Gasteiger charge is 1.97. The summed E-state index contributed by atoms with van der Waals surface area (Å²) in [6.45, 7) is 4.09. The lowest BCUT2D eigenvalue weighted by atomic mass is 10.4. The van der Waals surface area contributed by atoms with Gasteiger partial charge in [0.1, 0.15) is 5.76 Å². The van der Waals surface area contributed by atoms with Gasteiger partial charge in [0.05, 0.1) is 12.8 Å². The molecule has 3 heteroatoms. The Morgan fingerprint density at radius 1 is 1.55 bits per heavy atom. The molecule has 0 spiro atoms. The second-order valence-electron chi connectivity index (χ2n) is 2.41. The molecule has 0 aliphatic heterocycles. The average molecular weight is 176 g/mol. The van der Waals surface area contributed by atoms with E-state index in [1.165, 1.54) is 0 Å². The third-order valence-corrected chi connectivity index (χ3v) is 1.55. The van der Waals surface area contributed by atoms with Crippen molar-refractivity contribution in [3.63, 3.8) is 0 Å². The van der Waals surface area contributed by atoms with E-state index >= 15 is 0 Å². The van der Waals surface area contributed by atoms with Crippen LogP contribution in [0.4, 0.5) is 0 Å².